The lowest BCUT2D eigenvalue weighted by Crippen LogP contribution is -2.32. The minimum atomic E-state index is -0.420. The Morgan fingerprint density at radius 1 is 0.946 bits per heavy atom. The van der Waals surface area contributed by atoms with Gasteiger partial charge in [0, 0.05) is 22.9 Å². The van der Waals surface area contributed by atoms with E-state index < -0.39 is 5.91 Å². The summed E-state index contributed by atoms with van der Waals surface area (Å²) in [6, 6.07) is 22.0. The summed E-state index contributed by atoms with van der Waals surface area (Å²) in [6.45, 7) is 0. The molecule has 0 aliphatic carbocycles. The van der Waals surface area contributed by atoms with E-state index in [4.69, 9.17) is 51.4 Å². The highest BCUT2D eigenvalue weighted by Gasteiger charge is 2.13. The van der Waals surface area contributed by atoms with Crippen LogP contribution in [0.3, 0.4) is 0 Å². The maximum Gasteiger partial charge on any atom is 0.250 e. The van der Waals surface area contributed by atoms with Gasteiger partial charge in [-0.25, -0.2) is 4.98 Å². The highest BCUT2D eigenvalue weighted by atomic mass is 35.5. The number of aromatic nitrogens is 1. The van der Waals surface area contributed by atoms with Gasteiger partial charge in [0.05, 0.1) is 25.3 Å². The molecule has 2 N–H and O–H groups in total. The van der Waals surface area contributed by atoms with Crippen molar-refractivity contribution in [2.45, 2.75) is 0 Å². The first-order valence-electron chi connectivity index (χ1n) is 10.9. The van der Waals surface area contributed by atoms with Gasteiger partial charge in [-0.15, -0.1) is 11.3 Å². The van der Waals surface area contributed by atoms with Gasteiger partial charge in [-0.05, 0) is 72.9 Å². The molecule has 0 radical (unpaired) electrons. The van der Waals surface area contributed by atoms with E-state index in [9.17, 15) is 4.79 Å². The molecule has 0 fully saturated rings. The molecule has 5 nitrogen and oxygen atoms in total. The van der Waals surface area contributed by atoms with Gasteiger partial charge in [0.15, 0.2) is 5.11 Å². The number of fused-ring (bicyclic) bond motifs is 1. The minimum Gasteiger partial charge on any atom is -0.457 e. The van der Waals surface area contributed by atoms with Crippen LogP contribution in [0, 0.1) is 0 Å². The molecule has 2 aromatic heterocycles. The predicted molar refractivity (Wildman–Crippen MR) is 158 cm³/mol. The molecule has 2 heterocycles. The topological polar surface area (TPSA) is 67.2 Å². The number of carbonyl (C=O) groups is 1. The number of para-hydroxylation sites is 1. The molecule has 3 aromatic carbocycles. The lowest BCUT2D eigenvalue weighted by molar-refractivity contribution is -0.115. The highest BCUT2D eigenvalue weighted by Crippen LogP contribution is 2.36. The molecule has 5 aromatic rings. The van der Waals surface area contributed by atoms with E-state index in [1.807, 2.05) is 30.3 Å². The van der Waals surface area contributed by atoms with Crippen molar-refractivity contribution in [3.05, 3.63) is 99.7 Å². The number of benzene rings is 3. The molecule has 0 spiro atoms. The molecular formula is C27H16Cl3N3O2S2. The van der Waals surface area contributed by atoms with Crippen LogP contribution < -0.4 is 10.6 Å². The van der Waals surface area contributed by atoms with Gasteiger partial charge in [-0.3, -0.25) is 10.1 Å². The van der Waals surface area contributed by atoms with E-state index in [2.05, 4.69) is 15.6 Å². The molecule has 1 amide bonds. The molecular weight excluding hydrogens is 569 g/mol. The summed E-state index contributed by atoms with van der Waals surface area (Å²) in [6.07, 6.45) is 2.86. The Bertz CT molecular complexity index is 1640. The van der Waals surface area contributed by atoms with Gasteiger partial charge in [-0.1, -0.05) is 53.0 Å². The maximum absolute atomic E-state index is 12.4. The van der Waals surface area contributed by atoms with E-state index in [0.717, 1.165) is 20.8 Å². The van der Waals surface area contributed by atoms with Crippen molar-refractivity contribution in [1.29, 1.82) is 0 Å². The molecule has 0 saturated carbocycles. The zero-order chi connectivity index (χ0) is 25.9. The summed E-state index contributed by atoms with van der Waals surface area (Å²) >= 11 is 25.6. The van der Waals surface area contributed by atoms with Crippen molar-refractivity contribution in [3.8, 4) is 21.9 Å². The van der Waals surface area contributed by atoms with Crippen LogP contribution in [0.1, 0.15) is 5.76 Å². The fourth-order valence-electron chi connectivity index (χ4n) is 3.51. The third-order valence-electron chi connectivity index (χ3n) is 5.23. The molecule has 0 unspecified atom stereocenters. The van der Waals surface area contributed by atoms with E-state index >= 15 is 0 Å². The van der Waals surface area contributed by atoms with Crippen LogP contribution in [0.4, 0.5) is 5.69 Å². The Hall–Kier alpha value is -3.20. The van der Waals surface area contributed by atoms with E-state index in [1.165, 1.54) is 12.2 Å². The lowest BCUT2D eigenvalue weighted by Gasteiger charge is -2.10. The second-order valence-corrected chi connectivity index (χ2v) is 10.4. The number of thiazole rings is 1. The number of anilines is 1. The number of thiocarbonyl (C=S) groups is 1. The van der Waals surface area contributed by atoms with Crippen molar-refractivity contribution < 1.29 is 9.21 Å². The molecule has 184 valence electrons. The summed E-state index contributed by atoms with van der Waals surface area (Å²) in [7, 11) is 0. The van der Waals surface area contributed by atoms with Crippen LogP contribution in [0.2, 0.25) is 15.1 Å². The highest BCUT2D eigenvalue weighted by molar-refractivity contribution is 7.80. The standard InChI is InChI=1S/C27H16Cl3N3O2S2/c28-19-11-8-15(14-18(19)26-32-21-6-1-2-7-23(21)37-26)31-27(36)33-24(34)13-10-16-9-12-22(35-16)17-4-3-5-20(29)25(17)30/h1-14H,(H2,31,33,34,36). The number of nitrogens with zero attached hydrogens (tertiary/aromatic N) is 1. The summed E-state index contributed by atoms with van der Waals surface area (Å²) in [5.74, 6) is 0.589. The van der Waals surface area contributed by atoms with Gasteiger partial charge in [-0.2, -0.15) is 0 Å². The van der Waals surface area contributed by atoms with Gasteiger partial charge in [0.25, 0.3) is 0 Å². The number of rotatable bonds is 5. The van der Waals surface area contributed by atoms with E-state index in [0.29, 0.717) is 37.8 Å². The fraction of sp³-hybridized carbons (Fsp3) is 0. The first-order valence-corrected chi connectivity index (χ1v) is 13.2. The number of halogens is 3. The molecule has 0 saturated heterocycles. The Balaban J connectivity index is 1.23. The van der Waals surface area contributed by atoms with Gasteiger partial charge in [0.1, 0.15) is 16.5 Å². The number of hydrogen-bond acceptors (Lipinski definition) is 5. The normalized spacial score (nSPS) is 11.2. The summed E-state index contributed by atoms with van der Waals surface area (Å²) < 4.78 is 6.84. The minimum absolute atomic E-state index is 0.137. The Morgan fingerprint density at radius 2 is 1.78 bits per heavy atom. The van der Waals surface area contributed by atoms with Crippen molar-refractivity contribution in [1.82, 2.24) is 10.3 Å². The number of amides is 1. The van der Waals surface area contributed by atoms with Crippen molar-refractivity contribution >= 4 is 91.4 Å². The number of hydrogen-bond donors (Lipinski definition) is 2. The summed E-state index contributed by atoms with van der Waals surface area (Å²) in [4.78, 5) is 17.1. The third kappa shape index (κ3) is 5.87. The van der Waals surface area contributed by atoms with E-state index in [1.54, 1.807) is 53.8 Å². The number of furan rings is 1. The zero-order valence-corrected chi connectivity index (χ0v) is 22.7. The van der Waals surface area contributed by atoms with Crippen LogP contribution in [-0.2, 0) is 4.79 Å². The molecule has 37 heavy (non-hydrogen) atoms. The Kier molecular flexibility index (Phi) is 7.60. The smallest absolute Gasteiger partial charge is 0.250 e. The van der Waals surface area contributed by atoms with Crippen LogP contribution >= 0.6 is 58.4 Å². The van der Waals surface area contributed by atoms with Crippen LogP contribution in [0.15, 0.2) is 83.3 Å². The first kappa shape index (κ1) is 25.4. The van der Waals surface area contributed by atoms with Crippen molar-refractivity contribution in [2.24, 2.45) is 0 Å². The van der Waals surface area contributed by atoms with Crippen LogP contribution in [-0.4, -0.2) is 16.0 Å². The number of carbonyl (C=O) groups excluding carboxylic acids is 1. The third-order valence-corrected chi connectivity index (χ3v) is 7.65. The largest absolute Gasteiger partial charge is 0.457 e. The zero-order valence-electron chi connectivity index (χ0n) is 18.8. The Morgan fingerprint density at radius 3 is 2.62 bits per heavy atom. The van der Waals surface area contributed by atoms with Crippen LogP contribution in [0.25, 0.3) is 38.2 Å². The van der Waals surface area contributed by atoms with Crippen LogP contribution in [0.5, 0.6) is 0 Å². The molecule has 0 bridgehead atoms. The van der Waals surface area contributed by atoms with Crippen molar-refractivity contribution in [2.75, 3.05) is 5.32 Å². The molecule has 0 atom stereocenters. The predicted octanol–water partition coefficient (Wildman–Crippen LogP) is 8.71. The molecule has 0 aliphatic rings. The van der Waals surface area contributed by atoms with Gasteiger partial charge >= 0.3 is 0 Å². The monoisotopic (exact) mass is 583 g/mol. The molecule has 5 rings (SSSR count). The van der Waals surface area contributed by atoms with Gasteiger partial charge < -0.3 is 9.73 Å². The molecule has 0 aliphatic heterocycles. The SMILES string of the molecule is O=C(C=Cc1ccc(-c2cccc(Cl)c2Cl)o1)NC(=S)Nc1ccc(Cl)c(-c2nc3ccccc3s2)c1. The average Bonchev–Trinajstić information content (AvgIpc) is 3.53. The van der Waals surface area contributed by atoms with E-state index in [-0.39, 0.29) is 5.11 Å². The summed E-state index contributed by atoms with van der Waals surface area (Å²) in [5, 5.41) is 7.96. The second-order valence-electron chi connectivity index (χ2n) is 7.76. The van der Waals surface area contributed by atoms with Gasteiger partial charge in [0.2, 0.25) is 5.91 Å². The maximum atomic E-state index is 12.4. The quantitative estimate of drug-likeness (QED) is 0.160. The Labute approximate surface area is 236 Å². The second kappa shape index (κ2) is 11.0. The fourth-order valence-corrected chi connectivity index (χ4v) is 5.38. The lowest BCUT2D eigenvalue weighted by atomic mass is 10.2. The average molecular weight is 585 g/mol. The molecule has 10 heteroatoms. The first-order chi connectivity index (χ1) is 17.9. The summed E-state index contributed by atoms with van der Waals surface area (Å²) in [5.41, 5.74) is 3.01. The van der Waals surface area contributed by atoms with Crippen molar-refractivity contribution in [3.63, 3.8) is 0 Å². The number of nitrogens with one attached hydrogen (secondary N) is 2.